The van der Waals surface area contributed by atoms with Crippen molar-refractivity contribution in [2.45, 2.75) is 20.8 Å². The molecule has 0 unspecified atom stereocenters. The van der Waals surface area contributed by atoms with Crippen LogP contribution in [0.25, 0.3) is 22.0 Å². The average Bonchev–Trinajstić information content (AvgIpc) is 2.38. The van der Waals surface area contributed by atoms with Crippen molar-refractivity contribution < 1.29 is 0 Å². The third-order valence-electron chi connectivity index (χ3n) is 3.61. The highest BCUT2D eigenvalue weighted by molar-refractivity contribution is 5.86. The van der Waals surface area contributed by atoms with Gasteiger partial charge in [-0.1, -0.05) is 42.0 Å². The molecule has 94 valence electrons. The highest BCUT2D eigenvalue weighted by atomic mass is 14.7. The van der Waals surface area contributed by atoms with E-state index in [2.05, 4.69) is 68.2 Å². The molecule has 2 aromatic carbocycles. The molecule has 0 N–H and O–H groups in total. The molecular formula is C18H17N. The van der Waals surface area contributed by atoms with E-state index >= 15 is 0 Å². The lowest BCUT2D eigenvalue weighted by molar-refractivity contribution is 1.30. The fraction of sp³-hybridized carbons (Fsp3) is 0.167. The second-order valence-corrected chi connectivity index (χ2v) is 5.19. The van der Waals surface area contributed by atoms with Crippen molar-refractivity contribution >= 4 is 10.8 Å². The van der Waals surface area contributed by atoms with Crippen LogP contribution in [0.2, 0.25) is 0 Å². The lowest BCUT2D eigenvalue weighted by Gasteiger charge is -2.10. The molecule has 0 amide bonds. The van der Waals surface area contributed by atoms with E-state index in [1.54, 1.807) is 0 Å². The van der Waals surface area contributed by atoms with E-state index in [0.29, 0.717) is 0 Å². The van der Waals surface area contributed by atoms with Gasteiger partial charge >= 0.3 is 0 Å². The number of nitrogens with zero attached hydrogens (tertiary/aromatic N) is 1. The monoisotopic (exact) mass is 247 g/mol. The summed E-state index contributed by atoms with van der Waals surface area (Å²) < 4.78 is 0. The first-order chi connectivity index (χ1) is 9.15. The SMILES string of the molecule is Cc1ccc2cnc(-c3c(C)cccc3C)cc2c1. The highest BCUT2D eigenvalue weighted by Crippen LogP contribution is 2.28. The smallest absolute Gasteiger partial charge is 0.0713 e. The Kier molecular flexibility index (Phi) is 2.83. The summed E-state index contributed by atoms with van der Waals surface area (Å²) in [6.45, 7) is 6.41. The lowest BCUT2D eigenvalue weighted by Crippen LogP contribution is -1.91. The van der Waals surface area contributed by atoms with Crippen LogP contribution in [0, 0.1) is 20.8 Å². The van der Waals surface area contributed by atoms with Gasteiger partial charge in [0.1, 0.15) is 0 Å². The molecule has 0 aliphatic carbocycles. The fourth-order valence-corrected chi connectivity index (χ4v) is 2.62. The standard InChI is InChI=1S/C18H17N/c1-12-7-8-15-11-19-17(10-16(15)9-12)18-13(2)5-4-6-14(18)3/h4-11H,1-3H3. The molecule has 3 aromatic rings. The summed E-state index contributed by atoms with van der Waals surface area (Å²) in [6.07, 6.45) is 1.97. The van der Waals surface area contributed by atoms with Crippen LogP contribution in [0.5, 0.6) is 0 Å². The molecule has 19 heavy (non-hydrogen) atoms. The topological polar surface area (TPSA) is 12.9 Å². The molecule has 1 nitrogen and oxygen atoms in total. The number of aryl methyl sites for hydroxylation is 3. The van der Waals surface area contributed by atoms with Crippen molar-refractivity contribution in [1.29, 1.82) is 0 Å². The van der Waals surface area contributed by atoms with Crippen LogP contribution >= 0.6 is 0 Å². The Morgan fingerprint density at radius 3 is 2.26 bits per heavy atom. The van der Waals surface area contributed by atoms with Crippen molar-refractivity contribution in [2.24, 2.45) is 0 Å². The van der Waals surface area contributed by atoms with Crippen molar-refractivity contribution in [3.63, 3.8) is 0 Å². The number of rotatable bonds is 1. The number of hydrogen-bond acceptors (Lipinski definition) is 1. The first-order valence-electron chi connectivity index (χ1n) is 6.58. The Balaban J connectivity index is 2.26. The zero-order valence-electron chi connectivity index (χ0n) is 11.6. The Hall–Kier alpha value is -2.15. The van der Waals surface area contributed by atoms with E-state index < -0.39 is 0 Å². The number of benzene rings is 2. The molecule has 0 aliphatic heterocycles. The average molecular weight is 247 g/mol. The molecule has 0 saturated carbocycles. The quantitative estimate of drug-likeness (QED) is 0.600. The first kappa shape index (κ1) is 11.9. The van der Waals surface area contributed by atoms with Gasteiger partial charge in [0.25, 0.3) is 0 Å². The Morgan fingerprint density at radius 2 is 1.53 bits per heavy atom. The number of hydrogen-bond donors (Lipinski definition) is 0. The van der Waals surface area contributed by atoms with Gasteiger partial charge < -0.3 is 0 Å². The van der Waals surface area contributed by atoms with Gasteiger partial charge in [0.15, 0.2) is 0 Å². The van der Waals surface area contributed by atoms with Gasteiger partial charge in [-0.05, 0) is 43.4 Å². The van der Waals surface area contributed by atoms with E-state index in [-0.39, 0.29) is 0 Å². The van der Waals surface area contributed by atoms with Gasteiger partial charge in [0.2, 0.25) is 0 Å². The Labute approximate surface area is 113 Å². The maximum Gasteiger partial charge on any atom is 0.0713 e. The molecule has 1 heteroatoms. The summed E-state index contributed by atoms with van der Waals surface area (Å²) in [5.74, 6) is 0. The molecule has 0 spiro atoms. The van der Waals surface area contributed by atoms with Crippen molar-refractivity contribution in [3.8, 4) is 11.3 Å². The number of pyridine rings is 1. The maximum absolute atomic E-state index is 4.63. The minimum atomic E-state index is 1.06. The highest BCUT2D eigenvalue weighted by Gasteiger charge is 2.07. The zero-order valence-corrected chi connectivity index (χ0v) is 11.6. The van der Waals surface area contributed by atoms with E-state index in [4.69, 9.17) is 0 Å². The van der Waals surface area contributed by atoms with Crippen molar-refractivity contribution in [3.05, 3.63) is 65.4 Å². The summed E-state index contributed by atoms with van der Waals surface area (Å²) in [4.78, 5) is 4.63. The van der Waals surface area contributed by atoms with Crippen molar-refractivity contribution in [1.82, 2.24) is 4.98 Å². The van der Waals surface area contributed by atoms with Crippen LogP contribution in [0.1, 0.15) is 16.7 Å². The number of aromatic nitrogens is 1. The van der Waals surface area contributed by atoms with Gasteiger partial charge in [-0.15, -0.1) is 0 Å². The van der Waals surface area contributed by atoms with Crippen LogP contribution in [-0.2, 0) is 0 Å². The molecule has 1 aromatic heterocycles. The van der Waals surface area contributed by atoms with Gasteiger partial charge in [-0.3, -0.25) is 4.98 Å². The van der Waals surface area contributed by atoms with Crippen LogP contribution in [0.4, 0.5) is 0 Å². The predicted molar refractivity (Wildman–Crippen MR) is 81.4 cm³/mol. The van der Waals surface area contributed by atoms with E-state index in [1.807, 2.05) is 6.20 Å². The predicted octanol–water partition coefficient (Wildman–Crippen LogP) is 4.83. The van der Waals surface area contributed by atoms with E-state index in [0.717, 1.165) is 5.69 Å². The molecule has 0 bridgehead atoms. The molecular weight excluding hydrogens is 230 g/mol. The Bertz CT molecular complexity index is 736. The minimum absolute atomic E-state index is 1.06. The van der Waals surface area contributed by atoms with E-state index in [1.165, 1.54) is 33.0 Å². The van der Waals surface area contributed by atoms with Gasteiger partial charge in [-0.25, -0.2) is 0 Å². The summed E-state index contributed by atoms with van der Waals surface area (Å²) in [7, 11) is 0. The fourth-order valence-electron chi connectivity index (χ4n) is 2.62. The third kappa shape index (κ3) is 2.12. The molecule has 0 saturated heterocycles. The molecule has 3 rings (SSSR count). The first-order valence-corrected chi connectivity index (χ1v) is 6.58. The largest absolute Gasteiger partial charge is 0.256 e. The molecule has 0 aliphatic rings. The van der Waals surface area contributed by atoms with Gasteiger partial charge in [0.05, 0.1) is 5.69 Å². The van der Waals surface area contributed by atoms with Crippen LogP contribution in [0.3, 0.4) is 0 Å². The number of fused-ring (bicyclic) bond motifs is 1. The lowest BCUT2D eigenvalue weighted by atomic mass is 9.98. The van der Waals surface area contributed by atoms with Crippen LogP contribution < -0.4 is 0 Å². The zero-order chi connectivity index (χ0) is 13.4. The molecule has 1 heterocycles. The van der Waals surface area contributed by atoms with Crippen molar-refractivity contribution in [2.75, 3.05) is 0 Å². The minimum Gasteiger partial charge on any atom is -0.256 e. The summed E-state index contributed by atoms with van der Waals surface area (Å²) in [5, 5.41) is 2.45. The molecule has 0 fully saturated rings. The van der Waals surface area contributed by atoms with Crippen LogP contribution in [-0.4, -0.2) is 4.98 Å². The van der Waals surface area contributed by atoms with Gasteiger partial charge in [0, 0.05) is 17.1 Å². The van der Waals surface area contributed by atoms with Gasteiger partial charge in [-0.2, -0.15) is 0 Å². The Morgan fingerprint density at radius 1 is 0.789 bits per heavy atom. The normalized spacial score (nSPS) is 10.9. The summed E-state index contributed by atoms with van der Waals surface area (Å²) in [6, 6.07) is 15.1. The molecule has 0 atom stereocenters. The second-order valence-electron chi connectivity index (χ2n) is 5.19. The summed E-state index contributed by atoms with van der Waals surface area (Å²) in [5.41, 5.74) is 6.16. The second kappa shape index (κ2) is 4.51. The van der Waals surface area contributed by atoms with Crippen LogP contribution in [0.15, 0.2) is 48.7 Å². The third-order valence-corrected chi connectivity index (χ3v) is 3.61. The summed E-state index contributed by atoms with van der Waals surface area (Å²) >= 11 is 0. The van der Waals surface area contributed by atoms with E-state index in [9.17, 15) is 0 Å². The molecule has 0 radical (unpaired) electrons. The maximum atomic E-state index is 4.63.